The molecule has 3 aromatic rings. The Morgan fingerprint density at radius 1 is 1.02 bits per heavy atom. The first-order valence-corrected chi connectivity index (χ1v) is 15.1. The molecule has 0 bridgehead atoms. The van der Waals surface area contributed by atoms with Crippen molar-refractivity contribution in [2.45, 2.75) is 51.2 Å². The third-order valence-electron chi connectivity index (χ3n) is 7.52. The van der Waals surface area contributed by atoms with Crippen molar-refractivity contribution in [3.63, 3.8) is 0 Å². The van der Waals surface area contributed by atoms with Gasteiger partial charge in [0.1, 0.15) is 6.04 Å². The number of carbonyl (C=O) groups is 3. The van der Waals surface area contributed by atoms with Crippen LogP contribution in [0.5, 0.6) is 11.5 Å². The molecular formula is C32H39N3O6S. The van der Waals surface area contributed by atoms with Gasteiger partial charge < -0.3 is 24.8 Å². The van der Waals surface area contributed by atoms with Crippen LogP contribution in [0.1, 0.15) is 65.9 Å². The van der Waals surface area contributed by atoms with Gasteiger partial charge in [-0.05, 0) is 72.0 Å². The van der Waals surface area contributed by atoms with Gasteiger partial charge in [0, 0.05) is 18.8 Å². The average molecular weight is 594 g/mol. The molecule has 0 unspecified atom stereocenters. The van der Waals surface area contributed by atoms with Crippen LogP contribution in [0, 0.1) is 0 Å². The molecule has 2 heterocycles. The van der Waals surface area contributed by atoms with E-state index in [1.165, 1.54) is 30.5 Å². The number of thiophene rings is 1. The van der Waals surface area contributed by atoms with Gasteiger partial charge in [-0.25, -0.2) is 0 Å². The summed E-state index contributed by atoms with van der Waals surface area (Å²) in [4.78, 5) is 42.7. The van der Waals surface area contributed by atoms with E-state index in [2.05, 4.69) is 24.5 Å². The molecule has 9 nitrogen and oxygen atoms in total. The lowest BCUT2D eigenvalue weighted by Gasteiger charge is -2.32. The third-order valence-corrected chi connectivity index (χ3v) is 8.39. The van der Waals surface area contributed by atoms with Gasteiger partial charge >= 0.3 is 0 Å². The monoisotopic (exact) mass is 593 g/mol. The summed E-state index contributed by atoms with van der Waals surface area (Å²) in [6.45, 7) is 4.95. The number of hydrogen-bond donors (Lipinski definition) is 2. The molecule has 3 amide bonds. The van der Waals surface area contributed by atoms with Crippen LogP contribution in [0.3, 0.4) is 0 Å². The number of amides is 3. The summed E-state index contributed by atoms with van der Waals surface area (Å²) >= 11 is 1.29. The number of benzene rings is 2. The molecule has 1 fully saturated rings. The number of nitrogens with one attached hydrogen (secondary N) is 2. The summed E-state index contributed by atoms with van der Waals surface area (Å²) in [6, 6.07) is 15.2. The van der Waals surface area contributed by atoms with Crippen molar-refractivity contribution >= 4 is 34.7 Å². The number of hydrogen-bond acceptors (Lipinski definition) is 7. The van der Waals surface area contributed by atoms with Gasteiger partial charge in [-0.3, -0.25) is 19.3 Å². The second kappa shape index (κ2) is 14.8. The lowest BCUT2D eigenvalue weighted by Crippen LogP contribution is -2.48. The van der Waals surface area contributed by atoms with Crippen molar-refractivity contribution in [3.8, 4) is 11.5 Å². The Bertz CT molecular complexity index is 1340. The zero-order valence-corrected chi connectivity index (χ0v) is 25.4. The predicted octanol–water partition coefficient (Wildman–Crippen LogP) is 5.08. The first-order valence-electron chi connectivity index (χ1n) is 14.2. The Morgan fingerprint density at radius 2 is 1.76 bits per heavy atom. The largest absolute Gasteiger partial charge is 0.493 e. The summed E-state index contributed by atoms with van der Waals surface area (Å²) in [6.07, 6.45) is 2.69. The minimum absolute atomic E-state index is 0.0796. The maximum Gasteiger partial charge on any atom is 0.261 e. The van der Waals surface area contributed by atoms with E-state index in [9.17, 15) is 14.4 Å². The van der Waals surface area contributed by atoms with Crippen LogP contribution in [0.4, 0.5) is 5.69 Å². The van der Waals surface area contributed by atoms with Crippen molar-refractivity contribution < 1.29 is 28.6 Å². The number of carbonyl (C=O) groups excluding carboxylic acids is 3. The van der Waals surface area contributed by atoms with Crippen LogP contribution < -0.4 is 25.0 Å². The highest BCUT2D eigenvalue weighted by Gasteiger charge is 2.34. The molecule has 0 saturated carbocycles. The predicted molar refractivity (Wildman–Crippen MR) is 164 cm³/mol. The lowest BCUT2D eigenvalue weighted by molar-refractivity contribution is -0.126. The Labute approximate surface area is 251 Å². The Morgan fingerprint density at radius 3 is 2.38 bits per heavy atom. The van der Waals surface area contributed by atoms with Crippen molar-refractivity contribution in [2.75, 3.05) is 38.8 Å². The topological polar surface area (TPSA) is 106 Å². The van der Waals surface area contributed by atoms with Crippen LogP contribution >= 0.6 is 11.3 Å². The fourth-order valence-electron chi connectivity index (χ4n) is 4.93. The number of nitrogens with zero attached hydrogens (tertiary/aromatic N) is 1. The number of methoxy groups -OCH3 is 2. The molecule has 42 heavy (non-hydrogen) atoms. The molecule has 4 rings (SSSR count). The molecule has 2 aromatic carbocycles. The van der Waals surface area contributed by atoms with E-state index in [4.69, 9.17) is 14.2 Å². The summed E-state index contributed by atoms with van der Waals surface area (Å²) in [5.41, 5.74) is 2.19. The van der Waals surface area contributed by atoms with Crippen molar-refractivity contribution in [3.05, 3.63) is 76.0 Å². The van der Waals surface area contributed by atoms with E-state index in [0.29, 0.717) is 46.7 Å². The molecule has 1 aliphatic heterocycles. The summed E-state index contributed by atoms with van der Waals surface area (Å²) in [5, 5.41) is 7.52. The van der Waals surface area contributed by atoms with E-state index in [1.54, 1.807) is 35.7 Å². The second-order valence-electron chi connectivity index (χ2n) is 10.2. The minimum atomic E-state index is -1.06. The SMILES string of the molecule is CC[C@H](C)c1ccc(N(C(=O)CNC(=O)c2cccs2)[C@H](C(=O)NC[C@H]2CCCO2)c2ccc(OC)c(OC)c2)cc1. The smallest absolute Gasteiger partial charge is 0.261 e. The fraction of sp³-hybridized carbons (Fsp3) is 0.406. The zero-order valence-electron chi connectivity index (χ0n) is 24.6. The average Bonchev–Trinajstić information content (AvgIpc) is 3.76. The Hall–Kier alpha value is -3.89. The highest BCUT2D eigenvalue weighted by atomic mass is 32.1. The standard InChI is InChI=1S/C32H39N3O6S/c1-5-21(2)22-10-13-24(14-11-22)35(29(36)20-34-31(37)28-9-7-17-42-28)30(32(38)33-19-25-8-6-16-41-25)23-12-15-26(39-3)27(18-23)40-4/h7,9-15,17-18,21,25,30H,5-6,8,16,19-20H2,1-4H3,(H,33,38)(H,34,37)/t21-,25+,30-/m0/s1. The second-order valence-corrected chi connectivity index (χ2v) is 11.2. The highest BCUT2D eigenvalue weighted by molar-refractivity contribution is 7.12. The highest BCUT2D eigenvalue weighted by Crippen LogP contribution is 2.35. The molecular weight excluding hydrogens is 554 g/mol. The zero-order chi connectivity index (χ0) is 30.1. The maximum atomic E-state index is 14.0. The van der Waals surface area contributed by atoms with Crippen LogP contribution in [0.2, 0.25) is 0 Å². The van der Waals surface area contributed by atoms with Crippen molar-refractivity contribution in [2.24, 2.45) is 0 Å². The van der Waals surface area contributed by atoms with Crippen molar-refractivity contribution in [1.29, 1.82) is 0 Å². The van der Waals surface area contributed by atoms with E-state index in [-0.39, 0.29) is 24.5 Å². The van der Waals surface area contributed by atoms with Crippen LogP contribution in [0.25, 0.3) is 0 Å². The van der Waals surface area contributed by atoms with Gasteiger partial charge in [-0.15, -0.1) is 11.3 Å². The van der Waals surface area contributed by atoms with Gasteiger partial charge in [0.05, 0.1) is 31.7 Å². The molecule has 1 aliphatic rings. The Kier molecular flexibility index (Phi) is 11.0. The molecule has 224 valence electrons. The van der Waals surface area contributed by atoms with Gasteiger partial charge in [-0.1, -0.05) is 38.1 Å². The van der Waals surface area contributed by atoms with Crippen LogP contribution in [-0.4, -0.2) is 57.7 Å². The van der Waals surface area contributed by atoms with Gasteiger partial charge in [0.2, 0.25) is 11.8 Å². The maximum absolute atomic E-state index is 14.0. The molecule has 3 atom stereocenters. The molecule has 0 radical (unpaired) electrons. The van der Waals surface area contributed by atoms with Gasteiger partial charge in [-0.2, -0.15) is 0 Å². The Balaban J connectivity index is 1.73. The lowest BCUT2D eigenvalue weighted by atomic mass is 9.97. The minimum Gasteiger partial charge on any atom is -0.493 e. The van der Waals surface area contributed by atoms with Gasteiger partial charge in [0.25, 0.3) is 5.91 Å². The van der Waals surface area contributed by atoms with Crippen LogP contribution in [0.15, 0.2) is 60.0 Å². The first-order chi connectivity index (χ1) is 20.4. The number of anilines is 1. The normalized spacial score (nSPS) is 15.9. The number of rotatable bonds is 13. The molecule has 0 aliphatic carbocycles. The van der Waals surface area contributed by atoms with E-state index in [1.807, 2.05) is 24.3 Å². The van der Waals surface area contributed by atoms with E-state index >= 15 is 0 Å². The summed E-state index contributed by atoms with van der Waals surface area (Å²) in [7, 11) is 3.05. The number of ether oxygens (including phenoxy) is 3. The van der Waals surface area contributed by atoms with E-state index in [0.717, 1.165) is 24.8 Å². The molecule has 2 N–H and O–H groups in total. The van der Waals surface area contributed by atoms with E-state index < -0.39 is 11.9 Å². The van der Waals surface area contributed by atoms with Gasteiger partial charge in [0.15, 0.2) is 11.5 Å². The molecule has 1 saturated heterocycles. The summed E-state index contributed by atoms with van der Waals surface area (Å²) in [5.74, 6) is 0.0988. The molecule has 0 spiro atoms. The fourth-order valence-corrected chi connectivity index (χ4v) is 5.57. The van der Waals surface area contributed by atoms with Crippen LogP contribution in [-0.2, 0) is 14.3 Å². The van der Waals surface area contributed by atoms with Crippen molar-refractivity contribution in [1.82, 2.24) is 10.6 Å². The first kappa shape index (κ1) is 31.1. The summed E-state index contributed by atoms with van der Waals surface area (Å²) < 4.78 is 16.7. The molecule has 10 heteroatoms. The third kappa shape index (κ3) is 7.49. The quantitative estimate of drug-likeness (QED) is 0.286. The molecule has 1 aromatic heterocycles.